The van der Waals surface area contributed by atoms with Crippen LogP contribution in [-0.2, 0) is 11.3 Å². The van der Waals surface area contributed by atoms with E-state index in [1.807, 2.05) is 7.05 Å². The number of hydrogen-bond acceptors (Lipinski definition) is 4. The van der Waals surface area contributed by atoms with Crippen molar-refractivity contribution in [2.24, 2.45) is 0 Å². The van der Waals surface area contributed by atoms with Gasteiger partial charge < -0.3 is 21.1 Å². The van der Waals surface area contributed by atoms with Crippen LogP contribution in [-0.4, -0.2) is 47.0 Å². The third-order valence-electron chi connectivity index (χ3n) is 2.08. The van der Waals surface area contributed by atoms with Crippen molar-refractivity contribution in [3.8, 4) is 0 Å². The van der Waals surface area contributed by atoms with E-state index in [0.29, 0.717) is 12.2 Å². The van der Waals surface area contributed by atoms with Gasteiger partial charge in [0.25, 0.3) is 0 Å². The lowest BCUT2D eigenvalue weighted by Crippen LogP contribution is -2.30. The number of urea groups is 1. The third-order valence-corrected chi connectivity index (χ3v) is 2.08. The standard InChI is InChI=1S/C10H17N5O3/c1-11-3-2-4-12-10(18)14-8-5-13-15(6-8)7-9(16)17/h5-6,11H,2-4,7H2,1H3,(H,16,17)(H2,12,14,18). The van der Waals surface area contributed by atoms with E-state index in [1.165, 1.54) is 17.1 Å². The van der Waals surface area contributed by atoms with Gasteiger partial charge in [-0.2, -0.15) is 5.10 Å². The van der Waals surface area contributed by atoms with Gasteiger partial charge in [-0.1, -0.05) is 0 Å². The minimum atomic E-state index is -0.985. The number of nitrogens with one attached hydrogen (secondary N) is 3. The second-order valence-electron chi connectivity index (χ2n) is 3.66. The second kappa shape index (κ2) is 7.28. The summed E-state index contributed by atoms with van der Waals surface area (Å²) in [6, 6.07) is -0.332. The van der Waals surface area contributed by atoms with Gasteiger partial charge in [-0.05, 0) is 20.0 Å². The summed E-state index contributed by atoms with van der Waals surface area (Å²) in [4.78, 5) is 21.8. The lowest BCUT2D eigenvalue weighted by molar-refractivity contribution is -0.137. The summed E-state index contributed by atoms with van der Waals surface area (Å²) in [6.45, 7) is 1.16. The van der Waals surface area contributed by atoms with E-state index in [4.69, 9.17) is 5.11 Å². The molecule has 8 heteroatoms. The monoisotopic (exact) mass is 255 g/mol. The largest absolute Gasteiger partial charge is 0.480 e. The Morgan fingerprint density at radius 2 is 2.22 bits per heavy atom. The number of carboxylic acids is 1. The van der Waals surface area contributed by atoms with Gasteiger partial charge in [0.2, 0.25) is 0 Å². The summed E-state index contributed by atoms with van der Waals surface area (Å²) in [6.07, 6.45) is 3.69. The third kappa shape index (κ3) is 5.30. The van der Waals surface area contributed by atoms with Crippen LogP contribution in [0.1, 0.15) is 6.42 Å². The summed E-state index contributed by atoms with van der Waals surface area (Å²) in [5.74, 6) is -0.985. The number of carbonyl (C=O) groups excluding carboxylic acids is 1. The number of carbonyl (C=O) groups is 2. The van der Waals surface area contributed by atoms with E-state index >= 15 is 0 Å². The fourth-order valence-electron chi connectivity index (χ4n) is 1.30. The van der Waals surface area contributed by atoms with Gasteiger partial charge in [-0.3, -0.25) is 9.48 Å². The van der Waals surface area contributed by atoms with Gasteiger partial charge >= 0.3 is 12.0 Å². The Morgan fingerprint density at radius 3 is 2.89 bits per heavy atom. The molecule has 18 heavy (non-hydrogen) atoms. The Balaban J connectivity index is 2.31. The Kier molecular flexibility index (Phi) is 5.65. The molecule has 0 fully saturated rings. The van der Waals surface area contributed by atoms with Crippen molar-refractivity contribution in [3.05, 3.63) is 12.4 Å². The molecular weight excluding hydrogens is 238 g/mol. The van der Waals surface area contributed by atoms with Crippen molar-refractivity contribution in [1.82, 2.24) is 20.4 Å². The highest BCUT2D eigenvalue weighted by atomic mass is 16.4. The molecule has 2 amide bonds. The predicted molar refractivity (Wildman–Crippen MR) is 65.4 cm³/mol. The molecule has 8 nitrogen and oxygen atoms in total. The summed E-state index contributed by atoms with van der Waals surface area (Å²) < 4.78 is 1.24. The number of carboxylic acid groups (broad SMARTS) is 1. The smallest absolute Gasteiger partial charge is 0.325 e. The fourth-order valence-corrected chi connectivity index (χ4v) is 1.30. The number of amides is 2. The Bertz CT molecular complexity index is 404. The first kappa shape index (κ1) is 14.0. The van der Waals surface area contributed by atoms with E-state index in [9.17, 15) is 9.59 Å². The van der Waals surface area contributed by atoms with E-state index in [2.05, 4.69) is 21.0 Å². The lowest BCUT2D eigenvalue weighted by atomic mass is 10.4. The summed E-state index contributed by atoms with van der Waals surface area (Å²) >= 11 is 0. The average molecular weight is 255 g/mol. The summed E-state index contributed by atoms with van der Waals surface area (Å²) in [5.41, 5.74) is 0.461. The Hall–Kier alpha value is -2.09. The van der Waals surface area contributed by atoms with Crippen molar-refractivity contribution < 1.29 is 14.7 Å². The molecule has 0 aliphatic heterocycles. The molecular formula is C10H17N5O3. The highest BCUT2D eigenvalue weighted by Crippen LogP contribution is 2.03. The average Bonchev–Trinajstić information content (AvgIpc) is 2.71. The van der Waals surface area contributed by atoms with Crippen LogP contribution in [0.4, 0.5) is 10.5 Å². The first-order valence-corrected chi connectivity index (χ1v) is 5.55. The Labute approximate surface area is 104 Å². The second-order valence-corrected chi connectivity index (χ2v) is 3.66. The molecule has 0 bridgehead atoms. The van der Waals surface area contributed by atoms with E-state index in [1.54, 1.807) is 0 Å². The van der Waals surface area contributed by atoms with Gasteiger partial charge in [-0.15, -0.1) is 0 Å². The molecule has 1 heterocycles. The zero-order chi connectivity index (χ0) is 13.4. The zero-order valence-electron chi connectivity index (χ0n) is 10.1. The van der Waals surface area contributed by atoms with Crippen molar-refractivity contribution in [2.45, 2.75) is 13.0 Å². The van der Waals surface area contributed by atoms with Crippen LogP contribution in [0.3, 0.4) is 0 Å². The number of aromatic nitrogens is 2. The summed E-state index contributed by atoms with van der Waals surface area (Å²) in [5, 5.41) is 20.6. The number of aliphatic carboxylic acids is 1. The SMILES string of the molecule is CNCCCNC(=O)Nc1cnn(CC(=O)O)c1. The maximum absolute atomic E-state index is 11.4. The zero-order valence-corrected chi connectivity index (χ0v) is 10.1. The number of nitrogens with zero attached hydrogens (tertiary/aromatic N) is 2. The van der Waals surface area contributed by atoms with E-state index in [0.717, 1.165) is 13.0 Å². The quantitative estimate of drug-likeness (QED) is 0.500. The van der Waals surface area contributed by atoms with Crippen molar-refractivity contribution in [3.63, 3.8) is 0 Å². The molecule has 4 N–H and O–H groups in total. The first-order chi connectivity index (χ1) is 8.61. The molecule has 0 saturated carbocycles. The molecule has 0 aliphatic rings. The molecule has 1 rings (SSSR count). The maximum atomic E-state index is 11.4. The molecule has 0 atom stereocenters. The normalized spacial score (nSPS) is 10.1. The van der Waals surface area contributed by atoms with Crippen LogP contribution in [0.2, 0.25) is 0 Å². The highest BCUT2D eigenvalue weighted by Gasteiger charge is 2.05. The first-order valence-electron chi connectivity index (χ1n) is 5.55. The Morgan fingerprint density at radius 1 is 1.44 bits per heavy atom. The van der Waals surface area contributed by atoms with Crippen LogP contribution in [0.5, 0.6) is 0 Å². The van der Waals surface area contributed by atoms with Crippen molar-refractivity contribution in [1.29, 1.82) is 0 Å². The molecule has 100 valence electrons. The van der Waals surface area contributed by atoms with Crippen LogP contribution < -0.4 is 16.0 Å². The molecule has 0 aromatic carbocycles. The van der Waals surface area contributed by atoms with Gasteiger partial charge in [-0.25, -0.2) is 4.79 Å². The molecule has 0 radical (unpaired) electrons. The molecule has 1 aromatic heterocycles. The molecule has 0 aliphatic carbocycles. The van der Waals surface area contributed by atoms with E-state index < -0.39 is 5.97 Å². The maximum Gasteiger partial charge on any atom is 0.325 e. The number of hydrogen-bond donors (Lipinski definition) is 4. The number of rotatable bonds is 7. The molecule has 0 unspecified atom stereocenters. The minimum absolute atomic E-state index is 0.231. The van der Waals surface area contributed by atoms with Crippen LogP contribution in [0.15, 0.2) is 12.4 Å². The van der Waals surface area contributed by atoms with Crippen molar-refractivity contribution >= 4 is 17.7 Å². The highest BCUT2D eigenvalue weighted by molar-refractivity contribution is 5.88. The summed E-state index contributed by atoms with van der Waals surface area (Å²) in [7, 11) is 1.84. The molecule has 0 saturated heterocycles. The topological polar surface area (TPSA) is 108 Å². The van der Waals surface area contributed by atoms with E-state index in [-0.39, 0.29) is 12.6 Å². The van der Waals surface area contributed by atoms with Crippen LogP contribution >= 0.6 is 0 Å². The van der Waals surface area contributed by atoms with Crippen LogP contribution in [0, 0.1) is 0 Å². The molecule has 0 spiro atoms. The van der Waals surface area contributed by atoms with Gasteiger partial charge in [0.05, 0.1) is 11.9 Å². The van der Waals surface area contributed by atoms with Crippen molar-refractivity contribution in [2.75, 3.05) is 25.5 Å². The number of anilines is 1. The predicted octanol–water partition coefficient (Wildman–Crippen LogP) is -0.301. The molecule has 1 aromatic rings. The van der Waals surface area contributed by atoms with Crippen LogP contribution in [0.25, 0.3) is 0 Å². The minimum Gasteiger partial charge on any atom is -0.480 e. The van der Waals surface area contributed by atoms with Gasteiger partial charge in [0, 0.05) is 12.7 Å². The van der Waals surface area contributed by atoms with Gasteiger partial charge in [0.15, 0.2) is 0 Å². The lowest BCUT2D eigenvalue weighted by Gasteiger charge is -2.05. The van der Waals surface area contributed by atoms with Gasteiger partial charge in [0.1, 0.15) is 6.54 Å². The fraction of sp³-hybridized carbons (Fsp3) is 0.500.